The van der Waals surface area contributed by atoms with Gasteiger partial charge in [-0.3, -0.25) is 14.5 Å². The number of thioether (sulfide) groups is 1. The van der Waals surface area contributed by atoms with Crippen LogP contribution in [0.2, 0.25) is 0 Å². The maximum absolute atomic E-state index is 12.5. The van der Waals surface area contributed by atoms with E-state index in [1.54, 1.807) is 0 Å². The molecule has 0 aromatic carbocycles. The highest BCUT2D eigenvalue weighted by Crippen LogP contribution is 2.40. The van der Waals surface area contributed by atoms with Crippen molar-refractivity contribution in [3.8, 4) is 0 Å². The number of likely N-dealkylation sites (tertiary alicyclic amines) is 1. The minimum absolute atomic E-state index is 0.0802. The Morgan fingerprint density at radius 1 is 1.40 bits per heavy atom. The van der Waals surface area contributed by atoms with E-state index < -0.39 is 41.9 Å². The van der Waals surface area contributed by atoms with Crippen LogP contribution in [0.5, 0.6) is 0 Å². The second-order valence-corrected chi connectivity index (χ2v) is 6.98. The molecule has 3 rings (SSSR count). The van der Waals surface area contributed by atoms with Crippen molar-refractivity contribution < 1.29 is 32.7 Å². The number of hydrogen-bond acceptors (Lipinski definition) is 5. The first-order valence-corrected chi connectivity index (χ1v) is 8.38. The second kappa shape index (κ2) is 6.06. The number of β-lactam (4-membered cyclic amide) rings is 1. The molecule has 3 heterocycles. The Labute approximate surface area is 144 Å². The largest absolute Gasteiger partial charge is 0.477 e. The number of carbonyl (C=O) groups is 3. The molecule has 136 valence electrons. The molecule has 0 unspecified atom stereocenters. The van der Waals surface area contributed by atoms with Crippen LogP contribution in [-0.4, -0.2) is 69.1 Å². The summed E-state index contributed by atoms with van der Waals surface area (Å²) in [5, 5.41) is 8.93. The molecule has 2 amide bonds. The molecule has 25 heavy (non-hydrogen) atoms. The molecule has 2 atom stereocenters. The molecule has 3 aliphatic rings. The second-order valence-electron chi connectivity index (χ2n) is 5.88. The smallest absolute Gasteiger partial charge is 0.406 e. The number of rotatable bonds is 3. The Hall–Kier alpha value is -2.01. The van der Waals surface area contributed by atoms with Crippen LogP contribution >= 0.6 is 11.8 Å². The number of allylic oxidation sites excluding steroid dienone is 1. The average Bonchev–Trinajstić information content (AvgIpc) is 2.84. The van der Waals surface area contributed by atoms with E-state index in [-0.39, 0.29) is 35.6 Å². The van der Waals surface area contributed by atoms with Gasteiger partial charge in [0.2, 0.25) is 11.8 Å². The zero-order valence-electron chi connectivity index (χ0n) is 12.7. The van der Waals surface area contributed by atoms with Gasteiger partial charge in [0.05, 0.1) is 0 Å². The number of nitrogens with zero attached hydrogens (tertiary/aromatic N) is 2. The fourth-order valence-electron chi connectivity index (χ4n) is 3.03. The molecule has 0 aromatic rings. The lowest BCUT2D eigenvalue weighted by Crippen LogP contribution is -2.68. The van der Waals surface area contributed by atoms with Crippen LogP contribution < -0.4 is 5.73 Å². The number of fused-ring (bicyclic) bond motifs is 1. The van der Waals surface area contributed by atoms with Crippen molar-refractivity contribution in [2.75, 3.05) is 18.8 Å². The highest BCUT2D eigenvalue weighted by atomic mass is 32.2. The maximum atomic E-state index is 12.5. The normalized spacial score (nSPS) is 28.6. The third kappa shape index (κ3) is 3.13. The Kier molecular flexibility index (Phi) is 4.31. The molecule has 0 spiro atoms. The number of carboxylic acid groups (broad SMARTS) is 1. The summed E-state index contributed by atoms with van der Waals surface area (Å²) in [6, 6.07) is -0.774. The van der Waals surface area contributed by atoms with Crippen molar-refractivity contribution in [1.82, 2.24) is 9.80 Å². The highest BCUT2D eigenvalue weighted by molar-refractivity contribution is 8.00. The summed E-state index contributed by atoms with van der Waals surface area (Å²) in [6.07, 6.45) is -3.11. The Morgan fingerprint density at radius 2 is 2.08 bits per heavy atom. The van der Waals surface area contributed by atoms with E-state index in [1.807, 2.05) is 0 Å². The molecule has 2 saturated heterocycles. The van der Waals surface area contributed by atoms with Crippen LogP contribution in [0.1, 0.15) is 6.42 Å². The van der Waals surface area contributed by atoms with Crippen LogP contribution in [0, 0.1) is 0 Å². The van der Waals surface area contributed by atoms with Crippen LogP contribution in [0.15, 0.2) is 22.9 Å². The fourth-order valence-corrected chi connectivity index (χ4v) is 4.28. The third-order valence-corrected chi connectivity index (χ3v) is 5.50. The molecule has 3 N–H and O–H groups in total. The maximum Gasteiger partial charge on any atom is 0.406 e. The standard InChI is InChI=1S/C14H14F3N3O4S/c15-14(16,17)5-19-2-1-6(10(19)21)3-7-4-25-12-8(18)11(22)20(12)9(7)13(23)24/h3,8,12H,1-2,4-5,18H2,(H,23,24)/t8-,12-/m1/s1. The van der Waals surface area contributed by atoms with Gasteiger partial charge in [0, 0.05) is 17.9 Å². The van der Waals surface area contributed by atoms with Crippen molar-refractivity contribution in [1.29, 1.82) is 0 Å². The summed E-state index contributed by atoms with van der Waals surface area (Å²) in [4.78, 5) is 37.2. The lowest BCUT2D eigenvalue weighted by molar-refractivity contribution is -0.156. The van der Waals surface area contributed by atoms with Gasteiger partial charge in [0.1, 0.15) is 23.7 Å². The van der Waals surface area contributed by atoms with E-state index in [0.717, 1.165) is 4.90 Å². The van der Waals surface area contributed by atoms with Crippen molar-refractivity contribution in [2.45, 2.75) is 24.0 Å². The molecule has 0 saturated carbocycles. The quantitative estimate of drug-likeness (QED) is 0.541. The molecule has 0 aliphatic carbocycles. The molecule has 2 fully saturated rings. The fraction of sp³-hybridized carbons (Fsp3) is 0.500. The van der Waals surface area contributed by atoms with Crippen LogP contribution in [-0.2, 0) is 14.4 Å². The van der Waals surface area contributed by atoms with Crippen LogP contribution in [0.4, 0.5) is 13.2 Å². The molecule has 0 bridgehead atoms. The summed E-state index contributed by atoms with van der Waals surface area (Å²) in [7, 11) is 0. The van der Waals surface area contributed by atoms with Crippen molar-refractivity contribution in [2.24, 2.45) is 5.73 Å². The van der Waals surface area contributed by atoms with E-state index in [1.165, 1.54) is 17.8 Å². The average molecular weight is 377 g/mol. The van der Waals surface area contributed by atoms with E-state index >= 15 is 0 Å². The zero-order valence-corrected chi connectivity index (χ0v) is 13.6. The molecule has 0 aromatic heterocycles. The number of halogens is 3. The minimum Gasteiger partial charge on any atom is -0.477 e. The number of amides is 2. The molecular weight excluding hydrogens is 363 g/mol. The molecule has 0 radical (unpaired) electrons. The Bertz CT molecular complexity index is 719. The van der Waals surface area contributed by atoms with Gasteiger partial charge in [-0.25, -0.2) is 4.79 Å². The van der Waals surface area contributed by atoms with E-state index in [0.29, 0.717) is 4.90 Å². The number of nitrogens with two attached hydrogens (primary N) is 1. The van der Waals surface area contributed by atoms with E-state index in [2.05, 4.69) is 0 Å². The first-order valence-electron chi connectivity index (χ1n) is 7.33. The van der Waals surface area contributed by atoms with Crippen molar-refractivity contribution >= 4 is 29.5 Å². The van der Waals surface area contributed by atoms with Crippen molar-refractivity contribution in [3.05, 3.63) is 22.9 Å². The number of alkyl halides is 3. The molecule has 7 nitrogen and oxygen atoms in total. The lowest BCUT2D eigenvalue weighted by Gasteiger charge is -2.47. The van der Waals surface area contributed by atoms with Gasteiger partial charge in [-0.2, -0.15) is 13.2 Å². The summed E-state index contributed by atoms with van der Waals surface area (Å²) in [5.74, 6) is -2.43. The van der Waals surface area contributed by atoms with Gasteiger partial charge in [0.15, 0.2) is 0 Å². The predicted octanol–water partition coefficient (Wildman–Crippen LogP) is 0.288. The molecule has 11 heteroatoms. The summed E-state index contributed by atoms with van der Waals surface area (Å²) >= 11 is 1.26. The van der Waals surface area contributed by atoms with E-state index in [4.69, 9.17) is 5.73 Å². The SMILES string of the molecule is N[C@@H]1C(=O)N2C(C(=O)O)=C(C=C3CCN(CC(F)(F)F)C3=O)CS[C@H]12. The molecular formula is C14H14F3N3O4S. The number of carbonyl (C=O) groups excluding carboxylic acids is 2. The van der Waals surface area contributed by atoms with Crippen molar-refractivity contribution in [3.63, 3.8) is 0 Å². The van der Waals surface area contributed by atoms with Gasteiger partial charge in [-0.05, 0) is 18.1 Å². The lowest BCUT2D eigenvalue weighted by atomic mass is 10.0. The third-order valence-electron chi connectivity index (χ3n) is 4.17. The van der Waals surface area contributed by atoms with E-state index in [9.17, 15) is 32.7 Å². The number of hydrogen-bond donors (Lipinski definition) is 2. The predicted molar refractivity (Wildman–Crippen MR) is 81.1 cm³/mol. The van der Waals surface area contributed by atoms with Crippen LogP contribution in [0.3, 0.4) is 0 Å². The summed E-state index contributed by atoms with van der Waals surface area (Å²) in [6.45, 7) is -1.42. The highest BCUT2D eigenvalue weighted by Gasteiger charge is 2.51. The number of carboxylic acids is 1. The monoisotopic (exact) mass is 377 g/mol. The van der Waals surface area contributed by atoms with Gasteiger partial charge < -0.3 is 15.7 Å². The van der Waals surface area contributed by atoms with Gasteiger partial charge in [0.25, 0.3) is 0 Å². The summed E-state index contributed by atoms with van der Waals surface area (Å²) in [5.41, 5.74) is 5.71. The van der Waals surface area contributed by atoms with Gasteiger partial charge >= 0.3 is 12.1 Å². The Balaban J connectivity index is 1.88. The topological polar surface area (TPSA) is 104 Å². The summed E-state index contributed by atoms with van der Waals surface area (Å²) < 4.78 is 37.4. The first kappa shape index (κ1) is 17.8. The first-order chi connectivity index (χ1) is 11.6. The number of aliphatic carboxylic acids is 1. The van der Waals surface area contributed by atoms with Crippen LogP contribution in [0.25, 0.3) is 0 Å². The minimum atomic E-state index is -4.50. The molecule has 3 aliphatic heterocycles. The Morgan fingerprint density at radius 3 is 2.68 bits per heavy atom. The van der Waals surface area contributed by atoms with Gasteiger partial charge in [-0.1, -0.05) is 0 Å². The zero-order chi connectivity index (χ0) is 18.5. The van der Waals surface area contributed by atoms with Gasteiger partial charge in [-0.15, -0.1) is 11.8 Å².